The third kappa shape index (κ3) is 2.31. The molecule has 0 radical (unpaired) electrons. The molecule has 17 heavy (non-hydrogen) atoms. The van der Waals surface area contributed by atoms with Gasteiger partial charge in [-0.3, -0.25) is 4.68 Å². The SMILES string of the molecule is CCSc1ccc(-c2nn(C)c(C)c2O)cc1. The predicted molar refractivity (Wildman–Crippen MR) is 71.4 cm³/mol. The average Bonchev–Trinajstić information content (AvgIpc) is 2.59. The Morgan fingerprint density at radius 1 is 1.29 bits per heavy atom. The first-order valence-corrected chi connectivity index (χ1v) is 6.57. The number of benzene rings is 1. The van der Waals surface area contributed by atoms with Crippen molar-refractivity contribution in [3.63, 3.8) is 0 Å². The van der Waals surface area contributed by atoms with Crippen LogP contribution in [0.2, 0.25) is 0 Å². The Balaban J connectivity index is 2.36. The molecule has 0 atom stereocenters. The molecular formula is C13H16N2OS. The Hall–Kier alpha value is -1.42. The minimum absolute atomic E-state index is 0.267. The number of nitrogens with zero attached hydrogens (tertiary/aromatic N) is 2. The summed E-state index contributed by atoms with van der Waals surface area (Å²) in [6.07, 6.45) is 0. The molecule has 0 spiro atoms. The Morgan fingerprint density at radius 2 is 1.94 bits per heavy atom. The lowest BCUT2D eigenvalue weighted by Crippen LogP contribution is -1.92. The van der Waals surface area contributed by atoms with Gasteiger partial charge in [-0.25, -0.2) is 0 Å². The molecule has 0 saturated carbocycles. The van der Waals surface area contributed by atoms with Crippen molar-refractivity contribution in [1.82, 2.24) is 9.78 Å². The number of aryl methyl sites for hydroxylation is 1. The van der Waals surface area contributed by atoms with Crippen LogP contribution in [0, 0.1) is 6.92 Å². The van der Waals surface area contributed by atoms with E-state index in [4.69, 9.17) is 0 Å². The van der Waals surface area contributed by atoms with E-state index in [0.717, 1.165) is 17.0 Å². The fraction of sp³-hybridized carbons (Fsp3) is 0.308. The lowest BCUT2D eigenvalue weighted by molar-refractivity contribution is 0.471. The summed E-state index contributed by atoms with van der Waals surface area (Å²) < 4.78 is 1.69. The van der Waals surface area contributed by atoms with Gasteiger partial charge in [0, 0.05) is 17.5 Å². The third-order valence-corrected chi connectivity index (χ3v) is 3.64. The molecule has 0 saturated heterocycles. The fourth-order valence-corrected chi connectivity index (χ4v) is 2.33. The van der Waals surface area contributed by atoms with Gasteiger partial charge in [0.05, 0.1) is 5.69 Å². The molecule has 1 aromatic heterocycles. The fourth-order valence-electron chi connectivity index (χ4n) is 1.67. The van der Waals surface area contributed by atoms with Gasteiger partial charge in [0.25, 0.3) is 0 Å². The van der Waals surface area contributed by atoms with Crippen LogP contribution in [-0.2, 0) is 7.05 Å². The van der Waals surface area contributed by atoms with Crippen molar-refractivity contribution in [2.75, 3.05) is 5.75 Å². The summed E-state index contributed by atoms with van der Waals surface area (Å²) in [5.41, 5.74) is 2.39. The summed E-state index contributed by atoms with van der Waals surface area (Å²) in [6.45, 7) is 3.99. The normalized spacial score (nSPS) is 10.8. The zero-order valence-electron chi connectivity index (χ0n) is 10.3. The van der Waals surface area contributed by atoms with E-state index in [2.05, 4.69) is 24.2 Å². The summed E-state index contributed by atoms with van der Waals surface area (Å²) >= 11 is 1.80. The van der Waals surface area contributed by atoms with Crippen molar-refractivity contribution in [2.24, 2.45) is 7.05 Å². The summed E-state index contributed by atoms with van der Waals surface area (Å²) in [5, 5.41) is 14.3. The highest BCUT2D eigenvalue weighted by Gasteiger charge is 2.13. The molecule has 0 aliphatic carbocycles. The molecular weight excluding hydrogens is 232 g/mol. The van der Waals surface area contributed by atoms with E-state index >= 15 is 0 Å². The summed E-state index contributed by atoms with van der Waals surface area (Å²) in [7, 11) is 1.83. The van der Waals surface area contributed by atoms with Crippen molar-refractivity contribution in [3.8, 4) is 17.0 Å². The maximum Gasteiger partial charge on any atom is 0.164 e. The molecule has 0 amide bonds. The molecule has 0 aliphatic rings. The summed E-state index contributed by atoms with van der Waals surface area (Å²) in [6, 6.07) is 8.12. The number of aromatic nitrogens is 2. The first-order valence-electron chi connectivity index (χ1n) is 5.59. The molecule has 0 aliphatic heterocycles. The highest BCUT2D eigenvalue weighted by atomic mass is 32.2. The van der Waals surface area contributed by atoms with Gasteiger partial charge in [-0.1, -0.05) is 19.1 Å². The molecule has 90 valence electrons. The Bertz CT molecular complexity index is 517. The van der Waals surface area contributed by atoms with Gasteiger partial charge in [-0.2, -0.15) is 5.10 Å². The van der Waals surface area contributed by atoms with Gasteiger partial charge in [0.15, 0.2) is 5.75 Å². The van der Waals surface area contributed by atoms with Crippen molar-refractivity contribution >= 4 is 11.8 Å². The van der Waals surface area contributed by atoms with Gasteiger partial charge >= 0.3 is 0 Å². The minimum Gasteiger partial charge on any atom is -0.504 e. The van der Waals surface area contributed by atoms with Gasteiger partial charge in [0.1, 0.15) is 5.69 Å². The molecule has 0 unspecified atom stereocenters. The van der Waals surface area contributed by atoms with E-state index in [1.807, 2.05) is 26.1 Å². The van der Waals surface area contributed by atoms with Gasteiger partial charge in [-0.05, 0) is 24.8 Å². The molecule has 0 fully saturated rings. The Kier molecular flexibility index (Phi) is 3.43. The van der Waals surface area contributed by atoms with E-state index in [1.165, 1.54) is 4.90 Å². The highest BCUT2D eigenvalue weighted by molar-refractivity contribution is 7.99. The van der Waals surface area contributed by atoms with Crippen molar-refractivity contribution in [1.29, 1.82) is 0 Å². The Labute approximate surface area is 105 Å². The van der Waals surface area contributed by atoms with Gasteiger partial charge in [0.2, 0.25) is 0 Å². The first-order chi connectivity index (χ1) is 8.13. The number of hydrogen-bond acceptors (Lipinski definition) is 3. The van der Waals surface area contributed by atoms with E-state index < -0.39 is 0 Å². The first kappa shape index (κ1) is 12.0. The second-order valence-electron chi connectivity index (χ2n) is 3.86. The number of thioether (sulfide) groups is 1. The second kappa shape index (κ2) is 4.84. The highest BCUT2D eigenvalue weighted by Crippen LogP contribution is 2.31. The third-order valence-electron chi connectivity index (χ3n) is 2.74. The summed E-state index contributed by atoms with van der Waals surface area (Å²) in [4.78, 5) is 1.24. The van der Waals surface area contributed by atoms with E-state index in [9.17, 15) is 5.11 Å². The topological polar surface area (TPSA) is 38.0 Å². The molecule has 2 rings (SSSR count). The molecule has 0 bridgehead atoms. The second-order valence-corrected chi connectivity index (χ2v) is 5.20. The minimum atomic E-state index is 0.267. The van der Waals surface area contributed by atoms with Crippen molar-refractivity contribution in [3.05, 3.63) is 30.0 Å². The molecule has 1 heterocycles. The largest absolute Gasteiger partial charge is 0.504 e. The predicted octanol–water partition coefficient (Wildman–Crippen LogP) is 3.21. The summed E-state index contributed by atoms with van der Waals surface area (Å²) in [5.74, 6) is 1.33. The zero-order chi connectivity index (χ0) is 12.4. The smallest absolute Gasteiger partial charge is 0.164 e. The molecule has 3 nitrogen and oxygen atoms in total. The monoisotopic (exact) mass is 248 g/mol. The lowest BCUT2D eigenvalue weighted by atomic mass is 10.1. The van der Waals surface area contributed by atoms with Gasteiger partial charge in [-0.15, -0.1) is 11.8 Å². The van der Waals surface area contributed by atoms with E-state index in [0.29, 0.717) is 5.69 Å². The van der Waals surface area contributed by atoms with Crippen LogP contribution < -0.4 is 0 Å². The van der Waals surface area contributed by atoms with Gasteiger partial charge < -0.3 is 5.11 Å². The number of hydrogen-bond donors (Lipinski definition) is 1. The zero-order valence-corrected chi connectivity index (χ0v) is 11.1. The quantitative estimate of drug-likeness (QED) is 0.848. The lowest BCUT2D eigenvalue weighted by Gasteiger charge is -2.01. The van der Waals surface area contributed by atoms with Crippen LogP contribution in [0.3, 0.4) is 0 Å². The van der Waals surface area contributed by atoms with Crippen LogP contribution in [0.5, 0.6) is 5.75 Å². The van der Waals surface area contributed by atoms with Crippen LogP contribution >= 0.6 is 11.8 Å². The van der Waals surface area contributed by atoms with Crippen molar-refractivity contribution < 1.29 is 5.11 Å². The maximum atomic E-state index is 9.96. The Morgan fingerprint density at radius 3 is 2.41 bits per heavy atom. The maximum absolute atomic E-state index is 9.96. The molecule has 1 aromatic carbocycles. The van der Waals surface area contributed by atoms with E-state index in [-0.39, 0.29) is 5.75 Å². The number of rotatable bonds is 3. The average molecular weight is 248 g/mol. The molecule has 2 aromatic rings. The molecule has 4 heteroatoms. The van der Waals surface area contributed by atoms with Crippen LogP contribution in [0.1, 0.15) is 12.6 Å². The van der Waals surface area contributed by atoms with E-state index in [1.54, 1.807) is 16.4 Å². The van der Waals surface area contributed by atoms with Crippen LogP contribution in [0.25, 0.3) is 11.3 Å². The van der Waals surface area contributed by atoms with Crippen LogP contribution in [0.4, 0.5) is 0 Å². The van der Waals surface area contributed by atoms with Crippen LogP contribution in [-0.4, -0.2) is 20.6 Å². The standard InChI is InChI=1S/C13H16N2OS/c1-4-17-11-7-5-10(6-8-11)12-13(16)9(2)15(3)14-12/h5-8,16H,4H2,1-3H3. The number of aromatic hydroxyl groups is 1. The van der Waals surface area contributed by atoms with Crippen LogP contribution in [0.15, 0.2) is 29.2 Å². The van der Waals surface area contributed by atoms with Crippen molar-refractivity contribution in [2.45, 2.75) is 18.7 Å². The molecule has 1 N–H and O–H groups in total.